The standard InChI is InChI=1S/C22H23N5OS.C2HF3O2/c1-28-22-18(5-2-10-23-22)14-26-11-3-6-17(13-26)21-24-20-9-8-16(15-27(20)25-21)19-7-4-12-29-19;3-2(4,5)1(6)7/h2,4-5,7-10,12,15,17H,3,6,11,13-14H2,1H3;(H,6,7). The lowest BCUT2D eigenvalue weighted by atomic mass is 9.97. The van der Waals surface area contributed by atoms with Crippen LogP contribution in [0.2, 0.25) is 0 Å². The second kappa shape index (κ2) is 11.0. The number of methoxy groups -OCH3 is 1. The Kier molecular flexibility index (Phi) is 7.85. The number of ether oxygens (including phenoxy) is 1. The van der Waals surface area contributed by atoms with Crippen LogP contribution in [0.1, 0.15) is 30.1 Å². The van der Waals surface area contributed by atoms with E-state index in [4.69, 9.17) is 24.7 Å². The number of carbonyl (C=O) groups is 1. The Bertz CT molecular complexity index is 1310. The van der Waals surface area contributed by atoms with E-state index in [2.05, 4.69) is 51.8 Å². The van der Waals surface area contributed by atoms with Crippen molar-refractivity contribution in [3.8, 4) is 16.3 Å². The normalized spacial score (nSPS) is 16.4. The molecule has 0 radical (unpaired) electrons. The van der Waals surface area contributed by atoms with Crippen LogP contribution >= 0.6 is 11.3 Å². The molecule has 0 spiro atoms. The highest BCUT2D eigenvalue weighted by Gasteiger charge is 2.38. The number of nitrogens with zero attached hydrogens (tertiary/aromatic N) is 5. The Morgan fingerprint density at radius 2 is 2.06 bits per heavy atom. The number of likely N-dealkylation sites (tertiary alicyclic amines) is 1. The first-order chi connectivity index (χ1) is 17.2. The molecule has 0 aromatic carbocycles. The fourth-order valence-corrected chi connectivity index (χ4v) is 4.76. The van der Waals surface area contributed by atoms with Crippen molar-refractivity contribution in [2.75, 3.05) is 20.2 Å². The number of thiophene rings is 1. The van der Waals surface area contributed by atoms with Gasteiger partial charge in [-0.15, -0.1) is 11.3 Å². The van der Waals surface area contributed by atoms with Crippen molar-refractivity contribution in [2.24, 2.45) is 0 Å². The fraction of sp³-hybridized carbons (Fsp3) is 0.333. The Labute approximate surface area is 209 Å². The average molecular weight is 520 g/mol. The highest BCUT2D eigenvalue weighted by Crippen LogP contribution is 2.29. The summed E-state index contributed by atoms with van der Waals surface area (Å²) in [5.74, 6) is -0.762. The summed E-state index contributed by atoms with van der Waals surface area (Å²) in [7, 11) is 1.68. The second-order valence-electron chi connectivity index (χ2n) is 8.22. The fourth-order valence-electron chi connectivity index (χ4n) is 4.04. The summed E-state index contributed by atoms with van der Waals surface area (Å²) in [6.45, 7) is 2.86. The predicted molar refractivity (Wildman–Crippen MR) is 128 cm³/mol. The van der Waals surface area contributed by atoms with Gasteiger partial charge in [0.05, 0.1) is 7.11 Å². The van der Waals surface area contributed by atoms with E-state index in [1.54, 1.807) is 24.6 Å². The third-order valence-electron chi connectivity index (χ3n) is 5.70. The molecule has 1 saturated heterocycles. The molecule has 5 heterocycles. The number of piperidine rings is 1. The first kappa shape index (κ1) is 25.6. The van der Waals surface area contributed by atoms with Gasteiger partial charge in [-0.1, -0.05) is 12.1 Å². The van der Waals surface area contributed by atoms with E-state index < -0.39 is 12.1 Å². The van der Waals surface area contributed by atoms with Gasteiger partial charge in [-0.2, -0.15) is 18.3 Å². The number of aliphatic carboxylic acids is 1. The number of carboxylic acid groups (broad SMARTS) is 1. The summed E-state index contributed by atoms with van der Waals surface area (Å²) < 4.78 is 39.1. The molecule has 5 rings (SSSR count). The summed E-state index contributed by atoms with van der Waals surface area (Å²) in [6.07, 6.45) is 1.03. The first-order valence-electron chi connectivity index (χ1n) is 11.1. The molecule has 1 aliphatic heterocycles. The lowest BCUT2D eigenvalue weighted by Gasteiger charge is -2.31. The maximum Gasteiger partial charge on any atom is 0.490 e. The molecule has 1 aliphatic rings. The predicted octanol–water partition coefficient (Wildman–Crippen LogP) is 4.87. The minimum absolute atomic E-state index is 0.344. The quantitative estimate of drug-likeness (QED) is 0.402. The number of hydrogen-bond donors (Lipinski definition) is 1. The van der Waals surface area contributed by atoms with Gasteiger partial charge >= 0.3 is 12.1 Å². The van der Waals surface area contributed by atoms with Crippen molar-refractivity contribution in [1.29, 1.82) is 0 Å². The van der Waals surface area contributed by atoms with Gasteiger partial charge in [0, 0.05) is 47.4 Å². The zero-order valence-electron chi connectivity index (χ0n) is 19.4. The number of carboxylic acids is 1. The van der Waals surface area contributed by atoms with Gasteiger partial charge in [0.1, 0.15) is 0 Å². The van der Waals surface area contributed by atoms with Crippen LogP contribution in [0.15, 0.2) is 54.2 Å². The van der Waals surface area contributed by atoms with Crippen LogP contribution in [0.4, 0.5) is 13.2 Å². The van der Waals surface area contributed by atoms with Crippen molar-refractivity contribution >= 4 is 23.0 Å². The average Bonchev–Trinajstić information content (AvgIpc) is 3.54. The number of fused-ring (bicyclic) bond motifs is 1. The summed E-state index contributed by atoms with van der Waals surface area (Å²) >= 11 is 1.74. The zero-order valence-corrected chi connectivity index (χ0v) is 20.2. The smallest absolute Gasteiger partial charge is 0.481 e. The number of hydrogen-bond acceptors (Lipinski definition) is 7. The number of alkyl halides is 3. The monoisotopic (exact) mass is 519 g/mol. The maximum absolute atomic E-state index is 10.6. The number of aromatic nitrogens is 4. The van der Waals surface area contributed by atoms with E-state index in [-0.39, 0.29) is 0 Å². The number of rotatable bonds is 5. The Balaban J connectivity index is 0.000000384. The van der Waals surface area contributed by atoms with E-state index in [0.29, 0.717) is 11.8 Å². The zero-order chi connectivity index (χ0) is 25.7. The maximum atomic E-state index is 10.6. The molecule has 0 bridgehead atoms. The largest absolute Gasteiger partial charge is 0.490 e. The molecule has 4 aromatic heterocycles. The summed E-state index contributed by atoms with van der Waals surface area (Å²) in [5.41, 5.74) is 3.21. The lowest BCUT2D eigenvalue weighted by molar-refractivity contribution is -0.192. The van der Waals surface area contributed by atoms with E-state index in [1.807, 2.05) is 10.6 Å². The Morgan fingerprint density at radius 3 is 2.75 bits per heavy atom. The molecule has 1 atom stereocenters. The van der Waals surface area contributed by atoms with Gasteiger partial charge in [0.15, 0.2) is 11.5 Å². The molecular formula is C24H24F3N5O3S. The highest BCUT2D eigenvalue weighted by atomic mass is 32.1. The van der Waals surface area contributed by atoms with Crippen molar-refractivity contribution in [2.45, 2.75) is 31.5 Å². The minimum Gasteiger partial charge on any atom is -0.481 e. The van der Waals surface area contributed by atoms with Gasteiger partial charge in [0.2, 0.25) is 5.88 Å². The number of halogens is 3. The molecule has 190 valence electrons. The van der Waals surface area contributed by atoms with E-state index in [9.17, 15) is 13.2 Å². The van der Waals surface area contributed by atoms with E-state index in [0.717, 1.165) is 49.5 Å². The van der Waals surface area contributed by atoms with Crippen LogP contribution in [-0.4, -0.2) is 61.9 Å². The molecule has 12 heteroatoms. The third-order valence-corrected chi connectivity index (χ3v) is 6.62. The minimum atomic E-state index is -5.08. The lowest BCUT2D eigenvalue weighted by Crippen LogP contribution is -2.34. The molecule has 4 aromatic rings. The summed E-state index contributed by atoms with van der Waals surface area (Å²) in [4.78, 5) is 21.7. The van der Waals surface area contributed by atoms with Crippen LogP contribution in [0.3, 0.4) is 0 Å². The van der Waals surface area contributed by atoms with Crippen molar-refractivity contribution in [1.82, 2.24) is 24.5 Å². The van der Waals surface area contributed by atoms with Crippen LogP contribution in [0.5, 0.6) is 5.88 Å². The molecule has 0 amide bonds. The van der Waals surface area contributed by atoms with Gasteiger partial charge < -0.3 is 9.84 Å². The molecule has 0 saturated carbocycles. The molecule has 36 heavy (non-hydrogen) atoms. The van der Waals surface area contributed by atoms with Crippen molar-refractivity contribution in [3.63, 3.8) is 0 Å². The summed E-state index contributed by atoms with van der Waals surface area (Å²) in [5, 5.41) is 14.1. The van der Waals surface area contributed by atoms with Crippen molar-refractivity contribution in [3.05, 3.63) is 65.6 Å². The highest BCUT2D eigenvalue weighted by molar-refractivity contribution is 7.13. The Morgan fingerprint density at radius 1 is 1.25 bits per heavy atom. The summed E-state index contributed by atoms with van der Waals surface area (Å²) in [6, 6.07) is 12.5. The van der Waals surface area contributed by atoms with Gasteiger partial charge in [0.25, 0.3) is 0 Å². The molecule has 1 unspecified atom stereocenters. The van der Waals surface area contributed by atoms with E-state index in [1.165, 1.54) is 10.4 Å². The second-order valence-corrected chi connectivity index (χ2v) is 9.16. The molecule has 1 fully saturated rings. The van der Waals surface area contributed by atoms with Crippen molar-refractivity contribution < 1.29 is 27.8 Å². The van der Waals surface area contributed by atoms with Gasteiger partial charge in [-0.3, -0.25) is 4.90 Å². The van der Waals surface area contributed by atoms with Crippen LogP contribution < -0.4 is 4.74 Å². The van der Waals surface area contributed by atoms with Crippen LogP contribution in [-0.2, 0) is 11.3 Å². The van der Waals surface area contributed by atoms with Gasteiger partial charge in [-0.05, 0) is 49.0 Å². The molecule has 8 nitrogen and oxygen atoms in total. The third kappa shape index (κ3) is 6.18. The van der Waals surface area contributed by atoms with Crippen LogP contribution in [0, 0.1) is 0 Å². The number of pyridine rings is 2. The molecular weight excluding hydrogens is 495 g/mol. The molecule has 1 N–H and O–H groups in total. The van der Waals surface area contributed by atoms with Gasteiger partial charge in [-0.25, -0.2) is 19.3 Å². The van der Waals surface area contributed by atoms with E-state index >= 15 is 0 Å². The van der Waals surface area contributed by atoms with Crippen LogP contribution in [0.25, 0.3) is 16.1 Å². The topological polar surface area (TPSA) is 92.9 Å². The molecule has 0 aliphatic carbocycles. The SMILES string of the molecule is COc1ncccc1CN1CCCC(c2nc3ccc(-c4cccs4)cn3n2)C1.O=C(O)C(F)(F)F. The Hall–Kier alpha value is -3.51. The first-order valence-corrected chi connectivity index (χ1v) is 12.0.